The van der Waals surface area contributed by atoms with Crippen molar-refractivity contribution in [2.45, 2.75) is 6.54 Å². The van der Waals surface area contributed by atoms with Gasteiger partial charge < -0.3 is 9.64 Å². The number of benzene rings is 1. The molecule has 0 aliphatic carbocycles. The van der Waals surface area contributed by atoms with E-state index >= 15 is 0 Å². The van der Waals surface area contributed by atoms with Crippen LogP contribution in [-0.4, -0.2) is 54.0 Å². The smallest absolute Gasteiger partial charge is 0.257 e. The zero-order valence-corrected chi connectivity index (χ0v) is 14.4. The maximum Gasteiger partial charge on any atom is 0.257 e. The minimum Gasteiger partial charge on any atom is -0.496 e. The van der Waals surface area contributed by atoms with Crippen molar-refractivity contribution >= 4 is 17.5 Å². The normalized spacial score (nSPS) is 15.3. The third kappa shape index (κ3) is 3.86. The van der Waals surface area contributed by atoms with Crippen LogP contribution in [0.4, 0.5) is 0 Å². The number of methoxy groups -OCH3 is 1. The van der Waals surface area contributed by atoms with Crippen LogP contribution < -0.4 is 4.74 Å². The number of aromatic nitrogens is 1. The minimum atomic E-state index is -0.00734. The molecular formula is C18H20ClN3O2. The molecule has 0 spiro atoms. The van der Waals surface area contributed by atoms with E-state index in [1.54, 1.807) is 25.3 Å². The molecule has 0 unspecified atom stereocenters. The van der Waals surface area contributed by atoms with Gasteiger partial charge >= 0.3 is 0 Å². The lowest BCUT2D eigenvalue weighted by Crippen LogP contribution is -2.48. The lowest BCUT2D eigenvalue weighted by Gasteiger charge is -2.35. The molecular weight excluding hydrogens is 326 g/mol. The summed E-state index contributed by atoms with van der Waals surface area (Å²) in [6, 6.07) is 9.17. The van der Waals surface area contributed by atoms with Crippen molar-refractivity contribution < 1.29 is 9.53 Å². The van der Waals surface area contributed by atoms with Crippen molar-refractivity contribution in [1.29, 1.82) is 0 Å². The van der Waals surface area contributed by atoms with Crippen LogP contribution in [0.3, 0.4) is 0 Å². The second kappa shape index (κ2) is 7.64. The molecule has 0 bridgehead atoms. The molecule has 6 heteroatoms. The monoisotopic (exact) mass is 345 g/mol. The van der Waals surface area contributed by atoms with E-state index in [1.807, 2.05) is 29.4 Å². The zero-order chi connectivity index (χ0) is 16.9. The molecule has 1 aromatic heterocycles. The van der Waals surface area contributed by atoms with Crippen LogP contribution in [0.15, 0.2) is 42.7 Å². The highest BCUT2D eigenvalue weighted by atomic mass is 35.5. The molecule has 1 fully saturated rings. The van der Waals surface area contributed by atoms with E-state index in [1.165, 1.54) is 5.56 Å². The summed E-state index contributed by atoms with van der Waals surface area (Å²) < 4.78 is 5.29. The van der Waals surface area contributed by atoms with Crippen LogP contribution in [-0.2, 0) is 6.54 Å². The number of amides is 1. The van der Waals surface area contributed by atoms with Crippen LogP contribution in [0.5, 0.6) is 5.75 Å². The molecule has 1 aromatic carbocycles. The number of carbonyl (C=O) groups is 1. The SMILES string of the molecule is COc1cc(Cl)ccc1C(=O)N1CCN(Cc2ccncc2)CC1. The molecule has 1 saturated heterocycles. The summed E-state index contributed by atoms with van der Waals surface area (Å²) >= 11 is 5.97. The van der Waals surface area contributed by atoms with Crippen molar-refractivity contribution in [2.24, 2.45) is 0 Å². The fourth-order valence-corrected chi connectivity index (χ4v) is 3.03. The molecule has 0 saturated carbocycles. The number of piperazine rings is 1. The number of carbonyl (C=O) groups excluding carboxylic acids is 1. The Hall–Kier alpha value is -2.11. The number of pyridine rings is 1. The molecule has 0 radical (unpaired) electrons. The Morgan fingerprint density at radius 2 is 1.88 bits per heavy atom. The molecule has 1 aliphatic heterocycles. The van der Waals surface area contributed by atoms with Gasteiger partial charge in [0.05, 0.1) is 12.7 Å². The Balaban J connectivity index is 1.61. The Kier molecular flexibility index (Phi) is 5.33. The largest absolute Gasteiger partial charge is 0.496 e. The number of hydrogen-bond acceptors (Lipinski definition) is 4. The number of halogens is 1. The topological polar surface area (TPSA) is 45.7 Å². The van der Waals surface area contributed by atoms with Crippen molar-refractivity contribution in [3.05, 3.63) is 58.9 Å². The number of rotatable bonds is 4. The fourth-order valence-electron chi connectivity index (χ4n) is 2.87. The first-order valence-electron chi connectivity index (χ1n) is 7.91. The molecule has 1 aliphatic rings. The van der Waals surface area contributed by atoms with E-state index in [0.29, 0.717) is 29.4 Å². The molecule has 2 heterocycles. The first kappa shape index (κ1) is 16.7. The lowest BCUT2D eigenvalue weighted by molar-refractivity contribution is 0.0625. The van der Waals surface area contributed by atoms with E-state index in [0.717, 1.165) is 19.6 Å². The van der Waals surface area contributed by atoms with Gasteiger partial charge in [0.15, 0.2) is 0 Å². The average molecular weight is 346 g/mol. The predicted octanol–water partition coefficient (Wildman–Crippen LogP) is 2.70. The van der Waals surface area contributed by atoms with Crippen LogP contribution >= 0.6 is 11.6 Å². The molecule has 3 rings (SSSR count). The molecule has 1 amide bonds. The molecule has 0 atom stereocenters. The molecule has 0 N–H and O–H groups in total. The van der Waals surface area contributed by atoms with Gasteiger partial charge in [-0.15, -0.1) is 0 Å². The molecule has 5 nitrogen and oxygen atoms in total. The van der Waals surface area contributed by atoms with Gasteiger partial charge in [-0.05, 0) is 35.9 Å². The first-order valence-corrected chi connectivity index (χ1v) is 8.29. The van der Waals surface area contributed by atoms with E-state index < -0.39 is 0 Å². The first-order chi connectivity index (χ1) is 11.7. The Bertz CT molecular complexity index is 701. The third-order valence-corrected chi connectivity index (χ3v) is 4.44. The quantitative estimate of drug-likeness (QED) is 0.854. The minimum absolute atomic E-state index is 0.00734. The highest BCUT2D eigenvalue weighted by Crippen LogP contribution is 2.25. The van der Waals surface area contributed by atoms with Gasteiger partial charge in [-0.2, -0.15) is 0 Å². The number of hydrogen-bond donors (Lipinski definition) is 0. The summed E-state index contributed by atoms with van der Waals surface area (Å²) in [5.74, 6) is 0.513. The van der Waals surface area contributed by atoms with Crippen molar-refractivity contribution in [3.8, 4) is 5.75 Å². The van der Waals surface area contributed by atoms with E-state index in [2.05, 4.69) is 9.88 Å². The number of nitrogens with zero attached hydrogens (tertiary/aromatic N) is 3. The van der Waals surface area contributed by atoms with Gasteiger partial charge in [0.25, 0.3) is 5.91 Å². The van der Waals surface area contributed by atoms with Crippen molar-refractivity contribution in [1.82, 2.24) is 14.8 Å². The van der Waals surface area contributed by atoms with Gasteiger partial charge in [-0.3, -0.25) is 14.7 Å². The van der Waals surface area contributed by atoms with E-state index in [4.69, 9.17) is 16.3 Å². The van der Waals surface area contributed by atoms with Gasteiger partial charge in [0, 0.05) is 50.1 Å². The van der Waals surface area contributed by atoms with E-state index in [9.17, 15) is 4.79 Å². The molecule has 2 aromatic rings. The summed E-state index contributed by atoms with van der Waals surface area (Å²) in [5, 5.41) is 0.561. The summed E-state index contributed by atoms with van der Waals surface area (Å²) in [7, 11) is 1.55. The van der Waals surface area contributed by atoms with Gasteiger partial charge in [-0.1, -0.05) is 11.6 Å². The highest BCUT2D eigenvalue weighted by molar-refractivity contribution is 6.30. The summed E-state index contributed by atoms with van der Waals surface area (Å²) in [6.07, 6.45) is 3.61. The summed E-state index contributed by atoms with van der Waals surface area (Å²) in [4.78, 5) is 21.0. The van der Waals surface area contributed by atoms with Gasteiger partial charge in [0.2, 0.25) is 0 Å². The van der Waals surface area contributed by atoms with Crippen LogP contribution in [0.25, 0.3) is 0 Å². The van der Waals surface area contributed by atoms with Crippen molar-refractivity contribution in [3.63, 3.8) is 0 Å². The summed E-state index contributed by atoms with van der Waals surface area (Å²) in [6.45, 7) is 3.99. The fraction of sp³-hybridized carbons (Fsp3) is 0.333. The van der Waals surface area contributed by atoms with Crippen LogP contribution in [0, 0.1) is 0 Å². The van der Waals surface area contributed by atoms with E-state index in [-0.39, 0.29) is 5.91 Å². The average Bonchev–Trinajstić information content (AvgIpc) is 2.62. The highest BCUT2D eigenvalue weighted by Gasteiger charge is 2.24. The van der Waals surface area contributed by atoms with Gasteiger partial charge in [0.1, 0.15) is 5.75 Å². The van der Waals surface area contributed by atoms with Crippen LogP contribution in [0.1, 0.15) is 15.9 Å². The lowest BCUT2D eigenvalue weighted by atomic mass is 10.1. The maximum atomic E-state index is 12.7. The van der Waals surface area contributed by atoms with Crippen molar-refractivity contribution in [2.75, 3.05) is 33.3 Å². The molecule has 126 valence electrons. The number of ether oxygens (including phenoxy) is 1. The molecule has 24 heavy (non-hydrogen) atoms. The second-order valence-corrected chi connectivity index (χ2v) is 6.20. The Labute approximate surface area is 146 Å². The van der Waals surface area contributed by atoms with Gasteiger partial charge in [-0.25, -0.2) is 0 Å². The maximum absolute atomic E-state index is 12.7. The predicted molar refractivity (Wildman–Crippen MR) is 93.4 cm³/mol. The second-order valence-electron chi connectivity index (χ2n) is 5.77. The third-order valence-electron chi connectivity index (χ3n) is 4.21. The Morgan fingerprint density at radius 1 is 1.17 bits per heavy atom. The zero-order valence-electron chi connectivity index (χ0n) is 13.6. The summed E-state index contributed by atoms with van der Waals surface area (Å²) in [5.41, 5.74) is 1.80. The standard InChI is InChI=1S/C18H20ClN3O2/c1-24-17-12-15(19)2-3-16(17)18(23)22-10-8-21(9-11-22)13-14-4-6-20-7-5-14/h2-7,12H,8-11,13H2,1H3. The van der Waals surface area contributed by atoms with Crippen LogP contribution in [0.2, 0.25) is 5.02 Å². The Morgan fingerprint density at radius 3 is 2.54 bits per heavy atom.